The maximum Gasteiger partial charge on any atom is 0.222 e. The van der Waals surface area contributed by atoms with Gasteiger partial charge in [-0.05, 0) is 85.5 Å². The molecule has 2 aromatic rings. The van der Waals surface area contributed by atoms with Gasteiger partial charge >= 0.3 is 0 Å². The zero-order valence-corrected chi connectivity index (χ0v) is 47.0. The molecule has 0 aliphatic heterocycles. The number of nitrogens with zero attached hydrogens (tertiary/aromatic N) is 2. The molecule has 0 radical (unpaired) electrons. The number of hydrogen-bond donors (Lipinski definition) is 4. The zero-order valence-electron chi connectivity index (χ0n) is 42.0. The monoisotopic (exact) mass is 992 g/mol. The minimum absolute atomic E-state index is 0.00936. The van der Waals surface area contributed by atoms with Gasteiger partial charge in [0.15, 0.2) is 0 Å². The number of anilines is 2. The Labute approximate surface area is 417 Å². The molecule has 64 heavy (non-hydrogen) atoms. The molecule has 4 rings (SSSR count). The first kappa shape index (κ1) is 59.9. The lowest BCUT2D eigenvalue weighted by Gasteiger charge is -2.31. The Morgan fingerprint density at radius 2 is 0.953 bits per heavy atom. The summed E-state index contributed by atoms with van der Waals surface area (Å²) in [6, 6.07) is 0. The van der Waals surface area contributed by atoms with Crippen molar-refractivity contribution in [2.75, 3.05) is 63.0 Å². The van der Waals surface area contributed by atoms with Crippen LogP contribution < -0.4 is 26.4 Å². The third-order valence-electron chi connectivity index (χ3n) is 10.6. The number of carbonyl (C=O) groups is 2. The van der Waals surface area contributed by atoms with Crippen LogP contribution >= 0.6 is 73.2 Å². The SMILES string of the molecule is C=C1C(=O)C(N(C)CCCC(C)(C)C)=C1S.C=C1C(=O)C(NCCCC(C)(C)C)=C1S.CSc1c(N(C)CCCC(C)(C)C)c(=O)c1=S.CSc1c(NCCCC(C)(C)C)c(=O)c1=S. The Kier molecular flexibility index (Phi) is 24.2. The molecule has 2 N–H and O–H groups in total. The summed E-state index contributed by atoms with van der Waals surface area (Å²) in [4.78, 5) is 53.4. The van der Waals surface area contributed by atoms with Gasteiger partial charge in [0.1, 0.15) is 14.7 Å². The molecule has 2 aromatic carbocycles. The van der Waals surface area contributed by atoms with Crippen molar-refractivity contribution in [1.29, 1.82) is 0 Å². The van der Waals surface area contributed by atoms with Crippen molar-refractivity contribution in [1.82, 2.24) is 10.2 Å². The summed E-state index contributed by atoms with van der Waals surface area (Å²) in [6.07, 6.45) is 12.9. The van der Waals surface area contributed by atoms with Crippen LogP contribution in [0, 0.1) is 30.7 Å². The van der Waals surface area contributed by atoms with Crippen LogP contribution in [0.15, 0.2) is 64.9 Å². The molecular weight excluding hydrogens is 913 g/mol. The molecule has 0 aromatic heterocycles. The van der Waals surface area contributed by atoms with Crippen LogP contribution in [0.3, 0.4) is 0 Å². The lowest BCUT2D eigenvalue weighted by atomic mass is 9.90. The smallest absolute Gasteiger partial charge is 0.222 e. The van der Waals surface area contributed by atoms with Gasteiger partial charge in [-0.1, -0.05) is 121 Å². The van der Waals surface area contributed by atoms with E-state index in [-0.39, 0.29) is 22.4 Å². The van der Waals surface area contributed by atoms with E-state index in [0.29, 0.717) is 47.5 Å². The predicted molar refractivity (Wildman–Crippen MR) is 293 cm³/mol. The van der Waals surface area contributed by atoms with E-state index in [1.807, 2.05) is 31.5 Å². The highest BCUT2D eigenvalue weighted by Crippen LogP contribution is 2.35. The van der Waals surface area contributed by atoms with E-state index >= 15 is 0 Å². The molecule has 0 bridgehead atoms. The van der Waals surface area contributed by atoms with Crippen LogP contribution in [0.5, 0.6) is 0 Å². The lowest BCUT2D eigenvalue weighted by Crippen LogP contribution is -2.33. The van der Waals surface area contributed by atoms with E-state index in [4.69, 9.17) is 24.4 Å². The second kappa shape index (κ2) is 25.9. The van der Waals surface area contributed by atoms with Gasteiger partial charge in [-0.15, -0.1) is 48.8 Å². The number of carbonyl (C=O) groups excluding carboxylic acids is 2. The number of Topliss-reactive ketones (excluding diaryl/α,β-unsaturated/α-hetero) is 2. The normalized spacial score (nSPS) is 14.3. The van der Waals surface area contributed by atoms with Crippen LogP contribution in [-0.2, 0) is 9.59 Å². The summed E-state index contributed by atoms with van der Waals surface area (Å²) in [6.45, 7) is 37.5. The average molecular weight is 994 g/mol. The molecule has 2 aliphatic rings. The highest BCUT2D eigenvalue weighted by Gasteiger charge is 2.32. The molecule has 0 saturated heterocycles. The van der Waals surface area contributed by atoms with E-state index in [1.165, 1.54) is 0 Å². The second-order valence-electron chi connectivity index (χ2n) is 21.5. The van der Waals surface area contributed by atoms with Gasteiger partial charge in [0.05, 0.1) is 26.9 Å². The second-order valence-corrected chi connectivity index (χ2v) is 24.8. The van der Waals surface area contributed by atoms with Crippen molar-refractivity contribution in [3.63, 3.8) is 0 Å². The van der Waals surface area contributed by atoms with Crippen molar-refractivity contribution in [3.8, 4) is 0 Å². The summed E-state index contributed by atoms with van der Waals surface area (Å²) >= 11 is 21.6. The largest absolute Gasteiger partial charge is 0.381 e. The average Bonchev–Trinajstić information content (AvgIpc) is 3.18. The Balaban J connectivity index is 0.000000427. The summed E-state index contributed by atoms with van der Waals surface area (Å²) in [5.74, 6) is 0.0546. The fourth-order valence-electron chi connectivity index (χ4n) is 6.61. The quantitative estimate of drug-likeness (QED) is 0.0376. The summed E-state index contributed by atoms with van der Waals surface area (Å²) in [5.41, 5.74) is 5.45. The van der Waals surface area contributed by atoms with Crippen molar-refractivity contribution >= 4 is 96.2 Å². The first-order chi connectivity index (χ1) is 29.2. The third-order valence-corrected chi connectivity index (χ3v) is 14.2. The molecule has 0 atom stereocenters. The van der Waals surface area contributed by atoms with Gasteiger partial charge in [-0.3, -0.25) is 19.2 Å². The van der Waals surface area contributed by atoms with Gasteiger partial charge in [-0.2, -0.15) is 0 Å². The van der Waals surface area contributed by atoms with Crippen molar-refractivity contribution in [2.24, 2.45) is 21.7 Å². The standard InChI is InChI=1S/C13H21NOS2.C13H21NOS.C12H19NOS2.C12H19NOS/c1-13(2,3)7-6-8-14(4)9-10(15)11(16)12(9)17-5;1-9-11(15)10(12(9)16)14(5)8-6-7-13(2,3)4;1-12(2,3)6-5-7-13-8-9(14)10(15)11(8)16-4;1-8-10(14)9(11(8)15)13-7-5-6-12(2,3)4/h6-8H2,1-5H3;16H,1,6-8H2,2-5H3;13H,5-7H2,1-4H3;13,15H,1,5-7H2,2-4H3. The Morgan fingerprint density at radius 1 is 0.562 bits per heavy atom. The molecule has 0 fully saturated rings. The number of thioether (sulfide) groups is 2. The third kappa shape index (κ3) is 19.2. The topological polar surface area (TPSA) is 98.8 Å². The summed E-state index contributed by atoms with van der Waals surface area (Å²) in [5, 5.41) is 6.31. The lowest BCUT2D eigenvalue weighted by molar-refractivity contribution is -0.114. The fraction of sp³-hybridized carbons (Fsp3) is 0.640. The number of hydrogen-bond acceptors (Lipinski definition) is 14. The van der Waals surface area contributed by atoms with E-state index < -0.39 is 0 Å². The number of allylic oxidation sites excluding steroid dienone is 4. The number of ketones is 2. The van der Waals surface area contributed by atoms with E-state index in [0.717, 1.165) is 114 Å². The van der Waals surface area contributed by atoms with E-state index in [2.05, 4.69) is 137 Å². The molecule has 14 heteroatoms. The molecule has 360 valence electrons. The van der Waals surface area contributed by atoms with Crippen molar-refractivity contribution in [3.05, 3.63) is 75.0 Å². The van der Waals surface area contributed by atoms with E-state index in [1.54, 1.807) is 23.5 Å². The van der Waals surface area contributed by atoms with Crippen molar-refractivity contribution < 1.29 is 9.59 Å². The Morgan fingerprint density at radius 3 is 1.36 bits per heavy atom. The van der Waals surface area contributed by atoms with Crippen molar-refractivity contribution in [2.45, 2.75) is 144 Å². The molecule has 2 aliphatic carbocycles. The maximum atomic E-state index is 11.7. The number of nitrogens with one attached hydrogen (secondary N) is 2. The van der Waals surface area contributed by atoms with Gasteiger partial charge < -0.3 is 20.4 Å². The minimum Gasteiger partial charge on any atom is -0.381 e. The van der Waals surface area contributed by atoms with Crippen LogP contribution in [0.4, 0.5) is 11.4 Å². The predicted octanol–water partition coefficient (Wildman–Crippen LogP) is 13.0. The molecule has 0 spiro atoms. The zero-order chi connectivity index (χ0) is 49.7. The van der Waals surface area contributed by atoms with Crippen LogP contribution in [0.2, 0.25) is 0 Å². The molecule has 8 nitrogen and oxygen atoms in total. The molecule has 0 saturated carbocycles. The van der Waals surface area contributed by atoms with Gasteiger partial charge in [0, 0.05) is 61.2 Å². The van der Waals surface area contributed by atoms with Crippen LogP contribution in [0.25, 0.3) is 0 Å². The molecule has 0 unspecified atom stereocenters. The maximum absolute atomic E-state index is 11.7. The molecule has 0 amide bonds. The number of rotatable bonds is 18. The number of likely N-dealkylation sites (N-methyl/N-ethyl adjacent to an activating group) is 1. The molecular formula is C50H80N4O4S6. The van der Waals surface area contributed by atoms with E-state index in [9.17, 15) is 19.2 Å². The number of thiol groups is 2. The highest BCUT2D eigenvalue weighted by atomic mass is 32.2. The minimum atomic E-state index is 0.00936. The first-order valence-electron chi connectivity index (χ1n) is 22.2. The fourth-order valence-corrected chi connectivity index (χ4v) is 9.53. The van der Waals surface area contributed by atoms with Crippen LogP contribution in [0.1, 0.15) is 134 Å². The summed E-state index contributed by atoms with van der Waals surface area (Å²) < 4.78 is 1.00. The summed E-state index contributed by atoms with van der Waals surface area (Å²) in [7, 11) is 3.92. The van der Waals surface area contributed by atoms with Crippen LogP contribution in [-0.4, -0.2) is 69.3 Å². The first-order valence-corrected chi connectivity index (χ1v) is 26.4. The Hall–Kier alpha value is -2.10. The Bertz CT molecular complexity index is 2160. The molecule has 0 heterocycles. The highest BCUT2D eigenvalue weighted by molar-refractivity contribution is 7.99. The van der Waals surface area contributed by atoms with Gasteiger partial charge in [-0.25, -0.2) is 0 Å². The van der Waals surface area contributed by atoms with Gasteiger partial charge in [0.25, 0.3) is 0 Å². The van der Waals surface area contributed by atoms with Gasteiger partial charge in [0.2, 0.25) is 22.4 Å².